The first-order valence-electron chi connectivity index (χ1n) is 7.44. The van der Waals surface area contributed by atoms with E-state index in [0.717, 1.165) is 29.4 Å². The summed E-state index contributed by atoms with van der Waals surface area (Å²) in [6, 6.07) is 7.91. The number of aliphatic hydroxyl groups excluding tert-OH is 1. The van der Waals surface area contributed by atoms with E-state index in [1.807, 2.05) is 36.1 Å². The highest BCUT2D eigenvalue weighted by Crippen LogP contribution is 2.16. The van der Waals surface area contributed by atoms with Crippen molar-refractivity contribution in [1.29, 1.82) is 0 Å². The molecule has 4 nitrogen and oxygen atoms in total. The van der Waals surface area contributed by atoms with Gasteiger partial charge in [0.25, 0.3) is 0 Å². The van der Waals surface area contributed by atoms with Gasteiger partial charge in [-0.3, -0.25) is 9.69 Å². The molecule has 0 fully saturated rings. The van der Waals surface area contributed by atoms with Crippen LogP contribution in [0.5, 0.6) is 0 Å². The number of aliphatic hydroxyl groups is 1. The van der Waals surface area contributed by atoms with Crippen LogP contribution in [0.3, 0.4) is 0 Å². The Morgan fingerprint density at radius 1 is 1.33 bits per heavy atom. The molecule has 21 heavy (non-hydrogen) atoms. The fourth-order valence-electron chi connectivity index (χ4n) is 2.12. The van der Waals surface area contributed by atoms with Gasteiger partial charge >= 0.3 is 0 Å². The van der Waals surface area contributed by atoms with Crippen molar-refractivity contribution in [3.05, 3.63) is 34.3 Å². The second kappa shape index (κ2) is 9.92. The Kier molecular flexibility index (Phi) is 8.57. The zero-order valence-corrected chi connectivity index (χ0v) is 14.4. The van der Waals surface area contributed by atoms with Crippen LogP contribution in [0.15, 0.2) is 28.7 Å². The number of carbonyl (C=O) groups is 1. The van der Waals surface area contributed by atoms with E-state index in [2.05, 4.69) is 28.2 Å². The van der Waals surface area contributed by atoms with Crippen LogP contribution in [0.1, 0.15) is 38.3 Å². The molecule has 0 aliphatic carbocycles. The van der Waals surface area contributed by atoms with Gasteiger partial charge < -0.3 is 10.4 Å². The van der Waals surface area contributed by atoms with Crippen LogP contribution in [0.25, 0.3) is 0 Å². The van der Waals surface area contributed by atoms with E-state index in [-0.39, 0.29) is 18.6 Å². The van der Waals surface area contributed by atoms with Gasteiger partial charge in [0.05, 0.1) is 19.2 Å². The number of carbonyl (C=O) groups excluding carboxylic acids is 1. The largest absolute Gasteiger partial charge is 0.395 e. The molecule has 0 aromatic heterocycles. The molecule has 0 bridgehead atoms. The molecular weight excluding hydrogens is 332 g/mol. The van der Waals surface area contributed by atoms with E-state index < -0.39 is 0 Å². The van der Waals surface area contributed by atoms with E-state index in [0.29, 0.717) is 13.1 Å². The molecule has 0 saturated heterocycles. The summed E-state index contributed by atoms with van der Waals surface area (Å²) in [5.74, 6) is -0.00466. The third-order valence-corrected chi connectivity index (χ3v) is 3.89. The zero-order valence-electron chi connectivity index (χ0n) is 12.8. The minimum atomic E-state index is -0.0206. The number of halogens is 1. The maximum absolute atomic E-state index is 12.1. The van der Waals surface area contributed by atoms with Gasteiger partial charge in [-0.15, -0.1) is 0 Å². The van der Waals surface area contributed by atoms with E-state index >= 15 is 0 Å². The molecule has 5 heteroatoms. The SMILES string of the molecule is CCCCN(CCO)CC(=O)NC(C)c1ccc(Br)cc1. The lowest BCUT2D eigenvalue weighted by Gasteiger charge is -2.22. The van der Waals surface area contributed by atoms with Gasteiger partial charge in [-0.05, 0) is 37.6 Å². The number of nitrogens with one attached hydrogen (secondary N) is 1. The van der Waals surface area contributed by atoms with Crippen molar-refractivity contribution in [1.82, 2.24) is 10.2 Å². The number of benzene rings is 1. The van der Waals surface area contributed by atoms with Crippen LogP contribution in [0.2, 0.25) is 0 Å². The first kappa shape index (κ1) is 18.1. The maximum atomic E-state index is 12.1. The normalized spacial score (nSPS) is 12.4. The van der Waals surface area contributed by atoms with Gasteiger partial charge in [0.1, 0.15) is 0 Å². The van der Waals surface area contributed by atoms with E-state index in [1.54, 1.807) is 0 Å². The zero-order chi connectivity index (χ0) is 15.7. The molecule has 1 unspecified atom stereocenters. The molecule has 0 spiro atoms. The number of hydrogen-bond acceptors (Lipinski definition) is 3. The van der Waals surface area contributed by atoms with Gasteiger partial charge in [0.2, 0.25) is 5.91 Å². The topological polar surface area (TPSA) is 52.6 Å². The smallest absolute Gasteiger partial charge is 0.234 e. The Hall–Kier alpha value is -0.910. The number of hydrogen-bond donors (Lipinski definition) is 2. The lowest BCUT2D eigenvalue weighted by atomic mass is 10.1. The van der Waals surface area contributed by atoms with Crippen molar-refractivity contribution in [3.8, 4) is 0 Å². The summed E-state index contributed by atoms with van der Waals surface area (Å²) in [7, 11) is 0. The first-order valence-corrected chi connectivity index (χ1v) is 8.24. The van der Waals surface area contributed by atoms with Gasteiger partial charge in [-0.1, -0.05) is 41.4 Å². The van der Waals surface area contributed by atoms with Crippen LogP contribution in [0, 0.1) is 0 Å². The van der Waals surface area contributed by atoms with Crippen molar-refractivity contribution in [2.75, 3.05) is 26.2 Å². The highest BCUT2D eigenvalue weighted by molar-refractivity contribution is 9.10. The Labute approximate surface area is 135 Å². The van der Waals surface area contributed by atoms with Crippen molar-refractivity contribution >= 4 is 21.8 Å². The average molecular weight is 357 g/mol. The summed E-state index contributed by atoms with van der Waals surface area (Å²) in [6.45, 7) is 5.90. The molecule has 0 aliphatic heterocycles. The fourth-order valence-corrected chi connectivity index (χ4v) is 2.38. The first-order chi connectivity index (χ1) is 10.1. The molecule has 118 valence electrons. The standard InChI is InChI=1S/C16H25BrN2O2/c1-3-4-9-19(10-11-20)12-16(21)18-13(2)14-5-7-15(17)8-6-14/h5-8,13,20H,3-4,9-12H2,1-2H3,(H,18,21). The van der Waals surface area contributed by atoms with Crippen LogP contribution in [-0.2, 0) is 4.79 Å². The van der Waals surface area contributed by atoms with Crippen LogP contribution < -0.4 is 5.32 Å². The minimum Gasteiger partial charge on any atom is -0.395 e. The third kappa shape index (κ3) is 7.07. The van der Waals surface area contributed by atoms with Gasteiger partial charge in [0, 0.05) is 11.0 Å². The molecule has 0 radical (unpaired) electrons. The summed E-state index contributed by atoms with van der Waals surface area (Å²) >= 11 is 3.40. The lowest BCUT2D eigenvalue weighted by molar-refractivity contribution is -0.123. The quantitative estimate of drug-likeness (QED) is 0.715. The van der Waals surface area contributed by atoms with Crippen LogP contribution in [-0.4, -0.2) is 42.2 Å². The summed E-state index contributed by atoms with van der Waals surface area (Å²) in [6.07, 6.45) is 2.12. The number of unbranched alkanes of at least 4 members (excludes halogenated alkanes) is 1. The average Bonchev–Trinajstić information content (AvgIpc) is 2.45. The molecule has 1 atom stereocenters. The van der Waals surface area contributed by atoms with Gasteiger partial charge in [-0.25, -0.2) is 0 Å². The highest BCUT2D eigenvalue weighted by atomic mass is 79.9. The number of nitrogens with zero attached hydrogens (tertiary/aromatic N) is 1. The summed E-state index contributed by atoms with van der Waals surface area (Å²) in [5, 5.41) is 12.1. The van der Waals surface area contributed by atoms with Gasteiger partial charge in [-0.2, -0.15) is 0 Å². The maximum Gasteiger partial charge on any atom is 0.234 e. The Bertz CT molecular complexity index is 423. The second-order valence-corrected chi connectivity index (χ2v) is 6.11. The molecule has 1 amide bonds. The third-order valence-electron chi connectivity index (χ3n) is 3.36. The summed E-state index contributed by atoms with van der Waals surface area (Å²) < 4.78 is 1.03. The number of rotatable bonds is 9. The predicted octanol–water partition coefficient (Wildman–Crippen LogP) is 2.72. The summed E-state index contributed by atoms with van der Waals surface area (Å²) in [5.41, 5.74) is 1.08. The van der Waals surface area contributed by atoms with Crippen molar-refractivity contribution < 1.29 is 9.90 Å². The molecule has 0 heterocycles. The summed E-state index contributed by atoms with van der Waals surface area (Å²) in [4.78, 5) is 14.1. The molecule has 1 aromatic carbocycles. The fraction of sp³-hybridized carbons (Fsp3) is 0.562. The van der Waals surface area contributed by atoms with Crippen molar-refractivity contribution in [3.63, 3.8) is 0 Å². The molecular formula is C16H25BrN2O2. The van der Waals surface area contributed by atoms with Crippen LogP contribution in [0.4, 0.5) is 0 Å². The molecule has 1 aromatic rings. The molecule has 0 saturated carbocycles. The molecule has 0 aliphatic rings. The Balaban J connectivity index is 2.48. The van der Waals surface area contributed by atoms with Gasteiger partial charge in [0.15, 0.2) is 0 Å². The van der Waals surface area contributed by atoms with E-state index in [1.165, 1.54) is 0 Å². The van der Waals surface area contributed by atoms with Crippen LogP contribution >= 0.6 is 15.9 Å². The molecule has 2 N–H and O–H groups in total. The van der Waals surface area contributed by atoms with Crippen molar-refractivity contribution in [2.45, 2.75) is 32.7 Å². The Morgan fingerprint density at radius 3 is 2.57 bits per heavy atom. The predicted molar refractivity (Wildman–Crippen MR) is 89.1 cm³/mol. The van der Waals surface area contributed by atoms with Crippen molar-refractivity contribution in [2.24, 2.45) is 0 Å². The Morgan fingerprint density at radius 2 is 2.00 bits per heavy atom. The monoisotopic (exact) mass is 356 g/mol. The highest BCUT2D eigenvalue weighted by Gasteiger charge is 2.13. The number of amides is 1. The minimum absolute atomic E-state index is 0.00466. The second-order valence-electron chi connectivity index (χ2n) is 5.19. The van der Waals surface area contributed by atoms with E-state index in [9.17, 15) is 4.79 Å². The molecule has 1 rings (SSSR count). The lowest BCUT2D eigenvalue weighted by Crippen LogP contribution is -2.40. The van der Waals surface area contributed by atoms with E-state index in [4.69, 9.17) is 5.11 Å².